The molecule has 1 aliphatic rings. The summed E-state index contributed by atoms with van der Waals surface area (Å²) in [7, 11) is 0. The predicted octanol–water partition coefficient (Wildman–Crippen LogP) is 0.737. The monoisotopic (exact) mass is 411 g/mol. The number of hydrogen-bond donors (Lipinski definition) is 1. The molecule has 0 aliphatic carbocycles. The Hall–Kier alpha value is -3.35. The molecule has 0 unspecified atom stereocenters. The average Bonchev–Trinajstić information content (AvgIpc) is 3.40. The van der Waals surface area contributed by atoms with Crippen molar-refractivity contribution >= 4 is 40.2 Å². The zero-order valence-corrected chi connectivity index (χ0v) is 16.0. The number of carbonyl (C=O) groups is 1. The van der Waals surface area contributed by atoms with Crippen LogP contribution in [0.25, 0.3) is 11.6 Å². The average molecular weight is 411 g/mol. The zero-order chi connectivity index (χ0) is 19.7. The third kappa shape index (κ3) is 3.31. The highest BCUT2D eigenvalue weighted by atomic mass is 32.1. The van der Waals surface area contributed by atoms with Crippen molar-refractivity contribution in [1.29, 1.82) is 5.26 Å². The van der Waals surface area contributed by atoms with E-state index in [1.54, 1.807) is 24.3 Å². The molecule has 1 aromatic carbocycles. The second-order valence-electron chi connectivity index (χ2n) is 5.86. The van der Waals surface area contributed by atoms with Crippen molar-refractivity contribution in [3.8, 4) is 17.6 Å². The number of nitrogens with zero attached hydrogens (tertiary/aromatic N) is 2. The smallest absolute Gasteiger partial charge is 0.269 e. The van der Waals surface area contributed by atoms with Gasteiger partial charge in [-0.25, -0.2) is 0 Å². The molecule has 0 radical (unpaired) electrons. The second kappa shape index (κ2) is 7.34. The van der Waals surface area contributed by atoms with Gasteiger partial charge >= 0.3 is 0 Å². The van der Waals surface area contributed by atoms with Gasteiger partial charge in [-0.05, 0) is 35.2 Å². The highest BCUT2D eigenvalue weighted by molar-refractivity contribution is 7.11. The van der Waals surface area contributed by atoms with E-state index in [4.69, 9.17) is 15.2 Å². The Morgan fingerprint density at radius 2 is 2.14 bits per heavy atom. The summed E-state index contributed by atoms with van der Waals surface area (Å²) in [6.07, 6.45) is 1.74. The Labute approximate surface area is 166 Å². The number of thiazole rings is 1. The van der Waals surface area contributed by atoms with Crippen LogP contribution in [0, 0.1) is 11.3 Å². The molecule has 3 heterocycles. The summed E-state index contributed by atoms with van der Waals surface area (Å²) in [5.74, 6) is 0.354. The summed E-state index contributed by atoms with van der Waals surface area (Å²) in [5, 5.41) is 11.3. The van der Waals surface area contributed by atoms with Crippen molar-refractivity contribution in [3.05, 3.63) is 65.7 Å². The quantitative estimate of drug-likeness (QED) is 0.681. The number of amides is 1. The number of aromatic nitrogens is 1. The largest absolute Gasteiger partial charge is 0.454 e. The molecule has 0 atom stereocenters. The second-order valence-corrected chi connectivity index (χ2v) is 7.87. The van der Waals surface area contributed by atoms with E-state index in [0.717, 1.165) is 21.8 Å². The van der Waals surface area contributed by atoms with Crippen LogP contribution in [-0.2, 0) is 11.3 Å². The summed E-state index contributed by atoms with van der Waals surface area (Å²) >= 11 is 2.56. The molecule has 4 rings (SSSR count). The van der Waals surface area contributed by atoms with Gasteiger partial charge in [0, 0.05) is 4.88 Å². The van der Waals surface area contributed by atoms with Gasteiger partial charge in [0.1, 0.15) is 10.7 Å². The van der Waals surface area contributed by atoms with Crippen LogP contribution in [-0.4, -0.2) is 17.3 Å². The first-order valence-corrected chi connectivity index (χ1v) is 9.84. The van der Waals surface area contributed by atoms with Gasteiger partial charge in [-0.3, -0.25) is 14.2 Å². The molecule has 0 saturated heterocycles. The number of hydrogen-bond acceptors (Lipinski definition) is 7. The topological polar surface area (TPSA) is 107 Å². The summed E-state index contributed by atoms with van der Waals surface area (Å²) in [4.78, 5) is 25.6. The summed E-state index contributed by atoms with van der Waals surface area (Å²) in [6, 6.07) is 10.9. The van der Waals surface area contributed by atoms with Crippen LogP contribution in [0.2, 0.25) is 0 Å². The summed E-state index contributed by atoms with van der Waals surface area (Å²) < 4.78 is 12.7. The number of ether oxygens (including phenoxy) is 2. The number of rotatable bonds is 4. The molecule has 7 nitrogen and oxygen atoms in total. The van der Waals surface area contributed by atoms with E-state index in [0.29, 0.717) is 16.0 Å². The zero-order valence-electron chi connectivity index (χ0n) is 14.4. The van der Waals surface area contributed by atoms with Crippen molar-refractivity contribution in [2.24, 2.45) is 5.73 Å². The van der Waals surface area contributed by atoms with E-state index >= 15 is 0 Å². The lowest BCUT2D eigenvalue weighted by Gasteiger charge is -2.05. The number of benzene rings is 1. The molecule has 0 bridgehead atoms. The molecular weight excluding hydrogens is 398 g/mol. The molecule has 3 aromatic rings. The van der Waals surface area contributed by atoms with Crippen LogP contribution in [0.15, 0.2) is 40.5 Å². The van der Waals surface area contributed by atoms with Gasteiger partial charge < -0.3 is 15.2 Å². The van der Waals surface area contributed by atoms with Crippen LogP contribution >= 0.6 is 22.7 Å². The minimum atomic E-state index is -0.870. The highest BCUT2D eigenvalue weighted by Gasteiger charge is 2.16. The van der Waals surface area contributed by atoms with E-state index < -0.39 is 5.91 Å². The molecule has 1 aliphatic heterocycles. The van der Waals surface area contributed by atoms with Crippen LogP contribution in [0.5, 0.6) is 11.5 Å². The minimum absolute atomic E-state index is 0.149. The third-order valence-electron chi connectivity index (χ3n) is 4.07. The molecular formula is C19H13N3O4S2. The molecule has 2 N–H and O–H groups in total. The normalized spacial score (nSPS) is 14.0. The fourth-order valence-corrected chi connectivity index (χ4v) is 4.61. The van der Waals surface area contributed by atoms with Gasteiger partial charge in [-0.2, -0.15) is 5.26 Å². The first kappa shape index (κ1) is 18.0. The first-order valence-electron chi connectivity index (χ1n) is 8.14. The van der Waals surface area contributed by atoms with Crippen LogP contribution in [0.3, 0.4) is 0 Å². The molecule has 0 fully saturated rings. The third-order valence-corrected chi connectivity index (χ3v) is 6.02. The van der Waals surface area contributed by atoms with E-state index in [2.05, 4.69) is 0 Å². The number of fused-ring (bicyclic) bond motifs is 1. The van der Waals surface area contributed by atoms with E-state index in [1.165, 1.54) is 15.9 Å². The molecule has 0 spiro atoms. The lowest BCUT2D eigenvalue weighted by molar-refractivity contribution is -0.112. The maximum atomic E-state index is 13.0. The Balaban J connectivity index is 1.90. The standard InChI is InChI=1S/C19H13N3O4S2/c20-8-13(17(21)23)19-22(9-11-3-4-14-15(6-11)26-10-25-14)18(24)16(28-19)7-12-2-1-5-27-12/h1-7H,9-10H2,(H2,21,23)/b16-7+,19-13+. The lowest BCUT2D eigenvalue weighted by atomic mass is 10.2. The van der Waals surface area contributed by atoms with Crippen molar-refractivity contribution in [1.82, 2.24) is 4.57 Å². The number of nitrogens with two attached hydrogens (primary N) is 1. The highest BCUT2D eigenvalue weighted by Crippen LogP contribution is 2.32. The molecule has 28 heavy (non-hydrogen) atoms. The number of primary amides is 1. The Bertz CT molecular complexity index is 1280. The van der Waals surface area contributed by atoms with E-state index in [1.807, 2.05) is 23.6 Å². The fourth-order valence-electron chi connectivity index (χ4n) is 2.78. The predicted molar refractivity (Wildman–Crippen MR) is 106 cm³/mol. The molecule has 0 saturated carbocycles. The van der Waals surface area contributed by atoms with Gasteiger partial charge in [0.05, 0.1) is 11.1 Å². The van der Waals surface area contributed by atoms with Crippen molar-refractivity contribution in [3.63, 3.8) is 0 Å². The first-order chi connectivity index (χ1) is 13.6. The van der Waals surface area contributed by atoms with Crippen molar-refractivity contribution in [2.45, 2.75) is 6.54 Å². The van der Waals surface area contributed by atoms with Gasteiger partial charge in [0.15, 0.2) is 17.1 Å². The maximum Gasteiger partial charge on any atom is 0.269 e. The van der Waals surface area contributed by atoms with Crippen LogP contribution < -0.4 is 30.0 Å². The van der Waals surface area contributed by atoms with Gasteiger partial charge in [-0.1, -0.05) is 12.1 Å². The number of carbonyl (C=O) groups excluding carboxylic acids is 1. The van der Waals surface area contributed by atoms with E-state index in [9.17, 15) is 14.9 Å². The van der Waals surface area contributed by atoms with Gasteiger partial charge in [-0.15, -0.1) is 22.7 Å². The SMILES string of the molecule is N#C/C(C(N)=O)=c1\s/c(=C/c2cccs2)c(=O)n1Cc1ccc2c(c1)OCO2. The van der Waals surface area contributed by atoms with Crippen LogP contribution in [0.4, 0.5) is 0 Å². The Morgan fingerprint density at radius 1 is 1.32 bits per heavy atom. The van der Waals surface area contributed by atoms with Crippen LogP contribution in [0.1, 0.15) is 10.4 Å². The maximum absolute atomic E-state index is 13.0. The number of thiophene rings is 1. The van der Waals surface area contributed by atoms with Gasteiger partial charge in [0.25, 0.3) is 11.5 Å². The fraction of sp³-hybridized carbons (Fsp3) is 0.105. The molecule has 9 heteroatoms. The summed E-state index contributed by atoms with van der Waals surface area (Å²) in [5.41, 5.74) is 5.60. The molecule has 140 valence electrons. The lowest BCUT2D eigenvalue weighted by Crippen LogP contribution is -2.34. The van der Waals surface area contributed by atoms with Gasteiger partial charge in [0.2, 0.25) is 6.79 Å². The molecule has 2 aromatic heterocycles. The minimum Gasteiger partial charge on any atom is -0.454 e. The summed E-state index contributed by atoms with van der Waals surface area (Å²) in [6.45, 7) is 0.314. The van der Waals surface area contributed by atoms with Crippen molar-refractivity contribution < 1.29 is 14.3 Å². The number of nitriles is 1. The Kier molecular flexibility index (Phi) is 4.73. The Morgan fingerprint density at radius 3 is 2.86 bits per heavy atom. The van der Waals surface area contributed by atoms with Crippen molar-refractivity contribution in [2.75, 3.05) is 6.79 Å². The molecule has 1 amide bonds. The van der Waals surface area contributed by atoms with E-state index in [-0.39, 0.29) is 29.1 Å².